The molecule has 2 aliphatic rings. The summed E-state index contributed by atoms with van der Waals surface area (Å²) in [6, 6.07) is 18.2. The summed E-state index contributed by atoms with van der Waals surface area (Å²) in [5.74, 6) is -0.00675. The van der Waals surface area contributed by atoms with Crippen LogP contribution in [0.5, 0.6) is 0 Å². The Bertz CT molecular complexity index is 1010. The average Bonchev–Trinajstić information content (AvgIpc) is 3.12. The number of rotatable bonds is 6. The molecular weight excluding hydrogens is 396 g/mol. The van der Waals surface area contributed by atoms with Crippen molar-refractivity contribution in [3.8, 4) is 0 Å². The van der Waals surface area contributed by atoms with Gasteiger partial charge in [-0.15, -0.1) is 0 Å². The fourth-order valence-corrected chi connectivity index (χ4v) is 3.87. The first-order valence-electron chi connectivity index (χ1n) is 9.93. The number of halogens is 1. The number of nitrogens with zero attached hydrogens (tertiary/aromatic N) is 2. The maximum atomic E-state index is 11.9. The lowest BCUT2D eigenvalue weighted by Gasteiger charge is -2.29. The number of carbonyl (C=O) groups excluding carboxylic acids is 1. The Morgan fingerprint density at radius 3 is 2.57 bits per heavy atom. The van der Waals surface area contributed by atoms with Gasteiger partial charge in [-0.3, -0.25) is 9.69 Å². The molecule has 0 saturated carbocycles. The summed E-state index contributed by atoms with van der Waals surface area (Å²) < 4.78 is 0. The van der Waals surface area contributed by atoms with Crippen molar-refractivity contribution in [2.75, 3.05) is 27.2 Å². The third-order valence-electron chi connectivity index (χ3n) is 5.28. The highest BCUT2D eigenvalue weighted by Gasteiger charge is 2.32. The Morgan fingerprint density at radius 1 is 1.13 bits per heavy atom. The van der Waals surface area contributed by atoms with Crippen LogP contribution in [0.4, 0.5) is 0 Å². The molecule has 1 unspecified atom stereocenters. The Labute approximate surface area is 182 Å². The summed E-state index contributed by atoms with van der Waals surface area (Å²) in [6.45, 7) is 0.957. The fraction of sp³-hybridized carbons (Fsp3) is 0.208. The largest absolute Gasteiger partial charge is 0.360 e. The molecule has 6 heteroatoms. The van der Waals surface area contributed by atoms with Crippen molar-refractivity contribution in [1.82, 2.24) is 20.4 Å². The van der Waals surface area contributed by atoms with Crippen LogP contribution >= 0.6 is 11.6 Å². The van der Waals surface area contributed by atoms with Gasteiger partial charge in [0.15, 0.2) is 0 Å². The van der Waals surface area contributed by atoms with E-state index in [-0.39, 0.29) is 12.1 Å². The first-order valence-corrected chi connectivity index (χ1v) is 10.3. The molecule has 0 bridgehead atoms. The first kappa shape index (κ1) is 20.3. The number of nitrogens with one attached hydrogen (secondary N) is 2. The highest BCUT2D eigenvalue weighted by Crippen LogP contribution is 2.34. The molecule has 4 rings (SSSR count). The normalized spacial score (nSPS) is 17.7. The Morgan fingerprint density at radius 2 is 1.87 bits per heavy atom. The van der Waals surface area contributed by atoms with E-state index in [1.165, 1.54) is 5.56 Å². The van der Waals surface area contributed by atoms with Crippen molar-refractivity contribution in [2.45, 2.75) is 6.17 Å². The van der Waals surface area contributed by atoms with Crippen LogP contribution in [0.15, 0.2) is 78.6 Å². The zero-order chi connectivity index (χ0) is 21.1. The van der Waals surface area contributed by atoms with E-state index >= 15 is 0 Å². The molecule has 2 N–H and O–H groups in total. The van der Waals surface area contributed by atoms with E-state index in [4.69, 9.17) is 11.6 Å². The predicted molar refractivity (Wildman–Crippen MR) is 122 cm³/mol. The average molecular weight is 421 g/mol. The monoisotopic (exact) mass is 420 g/mol. The van der Waals surface area contributed by atoms with Gasteiger partial charge in [0.05, 0.1) is 17.9 Å². The highest BCUT2D eigenvalue weighted by atomic mass is 35.5. The smallest absolute Gasteiger partial charge is 0.233 e. The van der Waals surface area contributed by atoms with Gasteiger partial charge >= 0.3 is 0 Å². The van der Waals surface area contributed by atoms with Crippen molar-refractivity contribution in [3.05, 3.63) is 94.8 Å². The maximum Gasteiger partial charge on any atom is 0.233 e. The van der Waals surface area contributed by atoms with Crippen molar-refractivity contribution in [2.24, 2.45) is 0 Å². The Hall–Kier alpha value is -3.02. The minimum atomic E-state index is -0.00675. The number of hydrogen-bond donors (Lipinski definition) is 2. The lowest BCUT2D eigenvalue weighted by atomic mass is 10.0. The molecule has 2 aromatic carbocycles. The summed E-state index contributed by atoms with van der Waals surface area (Å²) in [6.07, 6.45) is 6.54. The zero-order valence-electron chi connectivity index (χ0n) is 17.1. The number of amides is 1. The number of fused-ring (bicyclic) bond motifs is 1. The number of likely N-dealkylation sites (N-methyl/N-ethyl adjacent to an activating group) is 2. The molecule has 0 aromatic heterocycles. The molecule has 0 fully saturated rings. The van der Waals surface area contributed by atoms with Crippen LogP contribution in [0, 0.1) is 0 Å². The van der Waals surface area contributed by atoms with E-state index in [1.807, 2.05) is 54.4 Å². The van der Waals surface area contributed by atoms with Gasteiger partial charge in [-0.05, 0) is 42.0 Å². The quantitative estimate of drug-likeness (QED) is 0.750. The van der Waals surface area contributed by atoms with Crippen molar-refractivity contribution >= 4 is 28.8 Å². The summed E-state index contributed by atoms with van der Waals surface area (Å²) in [5, 5.41) is 7.03. The second-order valence-electron chi connectivity index (χ2n) is 7.48. The van der Waals surface area contributed by atoms with E-state index < -0.39 is 0 Å². The maximum absolute atomic E-state index is 11.9. The number of hydrogen-bond acceptors (Lipinski definition) is 4. The van der Waals surface area contributed by atoms with E-state index in [1.54, 1.807) is 7.05 Å². The molecule has 5 nitrogen and oxygen atoms in total. The number of allylic oxidation sites excluding steroid dienone is 2. The second-order valence-corrected chi connectivity index (χ2v) is 7.92. The van der Waals surface area contributed by atoms with Crippen molar-refractivity contribution < 1.29 is 4.79 Å². The molecule has 1 amide bonds. The van der Waals surface area contributed by atoms with Gasteiger partial charge < -0.3 is 15.5 Å². The van der Waals surface area contributed by atoms with Gasteiger partial charge in [0, 0.05) is 24.8 Å². The van der Waals surface area contributed by atoms with Crippen molar-refractivity contribution in [3.63, 3.8) is 0 Å². The van der Waals surface area contributed by atoms with Crippen molar-refractivity contribution in [1.29, 1.82) is 0 Å². The van der Waals surface area contributed by atoms with Crippen LogP contribution in [0.25, 0.3) is 11.3 Å². The van der Waals surface area contributed by atoms with Crippen LogP contribution in [-0.4, -0.2) is 49.1 Å². The van der Waals surface area contributed by atoms with Gasteiger partial charge in [-0.1, -0.05) is 60.1 Å². The Kier molecular flexibility index (Phi) is 5.93. The third kappa shape index (κ3) is 4.27. The minimum absolute atomic E-state index is 0.00675. The van der Waals surface area contributed by atoms with Crippen LogP contribution in [0.2, 0.25) is 5.02 Å². The van der Waals surface area contributed by atoms with E-state index in [0.717, 1.165) is 22.5 Å². The third-order valence-corrected chi connectivity index (χ3v) is 5.53. The highest BCUT2D eigenvalue weighted by molar-refractivity contribution is 6.30. The van der Waals surface area contributed by atoms with Crippen LogP contribution < -0.4 is 10.6 Å². The Balaban J connectivity index is 1.70. The molecule has 2 aromatic rings. The van der Waals surface area contributed by atoms with Gasteiger partial charge in [0.2, 0.25) is 5.91 Å². The molecule has 0 radical (unpaired) electrons. The summed E-state index contributed by atoms with van der Waals surface area (Å²) in [7, 11) is 3.61. The molecule has 1 atom stereocenters. The summed E-state index contributed by atoms with van der Waals surface area (Å²) in [4.78, 5) is 16.1. The SMILES string of the molecule is CNC(=O)CN(C)CC1=C(c2ccc(Cl)cc2)NC2C=CC(c3ccccc3)=CN12. The topological polar surface area (TPSA) is 47.6 Å². The molecular formula is C24H25ClN4O. The molecule has 0 spiro atoms. The summed E-state index contributed by atoms with van der Waals surface area (Å²) in [5.41, 5.74) is 5.56. The molecule has 30 heavy (non-hydrogen) atoms. The van der Waals surface area contributed by atoms with Gasteiger partial charge in [0.1, 0.15) is 6.17 Å². The summed E-state index contributed by atoms with van der Waals surface area (Å²) >= 11 is 6.10. The predicted octanol–water partition coefficient (Wildman–Crippen LogP) is 3.53. The van der Waals surface area contributed by atoms with E-state index in [2.05, 4.69) is 46.0 Å². The zero-order valence-corrected chi connectivity index (χ0v) is 17.9. The second kappa shape index (κ2) is 8.78. The van der Waals surface area contributed by atoms with Gasteiger partial charge in [-0.25, -0.2) is 0 Å². The van der Waals surface area contributed by atoms with Gasteiger partial charge in [0.25, 0.3) is 0 Å². The molecule has 154 valence electrons. The van der Waals surface area contributed by atoms with Gasteiger partial charge in [-0.2, -0.15) is 0 Å². The number of carbonyl (C=O) groups is 1. The van der Waals surface area contributed by atoms with E-state index in [9.17, 15) is 4.79 Å². The molecule has 0 saturated heterocycles. The van der Waals surface area contributed by atoms with Crippen LogP contribution in [0.3, 0.4) is 0 Å². The van der Waals surface area contributed by atoms with Crippen LogP contribution in [0.1, 0.15) is 11.1 Å². The first-order chi connectivity index (χ1) is 14.5. The van der Waals surface area contributed by atoms with Crippen LogP contribution in [-0.2, 0) is 4.79 Å². The lowest BCUT2D eigenvalue weighted by Crippen LogP contribution is -2.38. The number of benzene rings is 2. The van der Waals surface area contributed by atoms with E-state index in [0.29, 0.717) is 18.1 Å². The molecule has 2 aliphatic heterocycles. The lowest BCUT2D eigenvalue weighted by molar-refractivity contribution is -0.121. The molecule has 2 heterocycles. The molecule has 0 aliphatic carbocycles. The minimum Gasteiger partial charge on any atom is -0.360 e. The fourth-order valence-electron chi connectivity index (χ4n) is 3.75. The standard InChI is InChI=1S/C24H25ClN4O/c1-26-23(30)16-28(2)15-21-24(18-8-11-20(25)12-9-18)27-22-13-10-19(14-29(21)22)17-6-4-3-5-7-17/h3-14,22,27H,15-16H2,1-2H3,(H,26,30).